The molecule has 14 heteroatoms. The van der Waals surface area contributed by atoms with E-state index in [0.717, 1.165) is 18.9 Å². The maximum atomic E-state index is 13.9. The van der Waals surface area contributed by atoms with Crippen molar-refractivity contribution in [3.8, 4) is 11.5 Å². The molecule has 1 saturated heterocycles. The Kier molecular flexibility index (Phi) is 6.86. The molecule has 1 saturated carbocycles. The molecule has 1 aliphatic heterocycles. The van der Waals surface area contributed by atoms with E-state index in [0.29, 0.717) is 13.0 Å². The Morgan fingerprint density at radius 3 is 2.44 bits per heavy atom. The first kappa shape index (κ1) is 28.9. The average molecular weight is 582 g/mol. The van der Waals surface area contributed by atoms with Gasteiger partial charge in [-0.25, -0.2) is 0 Å². The molecule has 0 bridgehead atoms. The molecular weight excluding hydrogens is 551 g/mol. The first-order chi connectivity index (χ1) is 19.1. The van der Waals surface area contributed by atoms with Crippen LogP contribution in [0.3, 0.4) is 0 Å². The lowest BCUT2D eigenvalue weighted by Gasteiger charge is -2.50. The van der Waals surface area contributed by atoms with Gasteiger partial charge in [0, 0.05) is 28.7 Å². The van der Waals surface area contributed by atoms with E-state index in [-0.39, 0.29) is 24.0 Å². The monoisotopic (exact) mass is 581 g/mol. The lowest BCUT2D eigenvalue weighted by Crippen LogP contribution is -2.65. The molecule has 41 heavy (non-hydrogen) atoms. The fraction of sp³-hybridized carbons (Fsp3) is 0.519. The number of hydrogen-bond donors (Lipinski definition) is 6. The van der Waals surface area contributed by atoms with Gasteiger partial charge >= 0.3 is 6.36 Å². The standard InChI is InChI=1S/C27H30F3N3O8/c1-33(2)19-13-8-10-7-12-17(15(34)9-11(14-5-3-4-6-32-14)22(12)41-27(28,29)30)20(35)16(10)23(37)26(13,40)24(38)18(21(19)36)25(31)39/h9-10,13-14,19,32,34-35,38,40H,3-8H2,1-2H3,(H2,31,39)/t10-,13-,14?,19-,26-/m0/s1. The highest BCUT2D eigenvalue weighted by Gasteiger charge is 2.64. The minimum absolute atomic E-state index is 0.0406. The number of aliphatic hydroxyl groups excluding tert-OH is 2. The number of aliphatic hydroxyl groups is 3. The van der Waals surface area contributed by atoms with Gasteiger partial charge in [0.15, 0.2) is 11.4 Å². The minimum Gasteiger partial charge on any atom is -0.508 e. The van der Waals surface area contributed by atoms with Crippen LogP contribution in [0, 0.1) is 11.8 Å². The fourth-order valence-corrected chi connectivity index (χ4v) is 6.93. The van der Waals surface area contributed by atoms with Crippen molar-refractivity contribution in [3.05, 3.63) is 39.7 Å². The highest BCUT2D eigenvalue weighted by molar-refractivity contribution is 6.24. The summed E-state index contributed by atoms with van der Waals surface area (Å²) in [5, 5.41) is 47.9. The number of phenols is 1. The van der Waals surface area contributed by atoms with E-state index in [1.165, 1.54) is 19.0 Å². The van der Waals surface area contributed by atoms with Crippen molar-refractivity contribution < 1.29 is 52.7 Å². The number of carbonyl (C=O) groups is 3. The van der Waals surface area contributed by atoms with Crippen molar-refractivity contribution in [2.24, 2.45) is 17.6 Å². The maximum Gasteiger partial charge on any atom is 0.573 e. The van der Waals surface area contributed by atoms with Gasteiger partial charge in [-0.3, -0.25) is 19.3 Å². The van der Waals surface area contributed by atoms with Gasteiger partial charge in [-0.05, 0) is 58.3 Å². The third kappa shape index (κ3) is 4.35. The molecular formula is C27H30F3N3O8. The van der Waals surface area contributed by atoms with Crippen LogP contribution in [0.25, 0.3) is 5.76 Å². The zero-order valence-electron chi connectivity index (χ0n) is 22.2. The summed E-state index contributed by atoms with van der Waals surface area (Å²) in [7, 11) is 2.90. The van der Waals surface area contributed by atoms with Crippen LogP contribution in [-0.4, -0.2) is 81.4 Å². The number of nitrogens with two attached hydrogens (primary N) is 1. The van der Waals surface area contributed by atoms with Crippen LogP contribution in [0.5, 0.6) is 11.5 Å². The van der Waals surface area contributed by atoms with E-state index >= 15 is 0 Å². The molecule has 2 fully saturated rings. The number of Topliss-reactive ketones (excluding diaryl/α,β-unsaturated/α-hetero) is 2. The van der Waals surface area contributed by atoms with E-state index in [9.17, 15) is 48.0 Å². The molecule has 3 aliphatic carbocycles. The van der Waals surface area contributed by atoms with Gasteiger partial charge in [-0.1, -0.05) is 6.42 Å². The lowest BCUT2D eigenvalue weighted by molar-refractivity contribution is -0.275. The molecule has 1 heterocycles. The molecule has 5 rings (SSSR count). The number of piperidine rings is 1. The van der Waals surface area contributed by atoms with Gasteiger partial charge in [0.2, 0.25) is 5.78 Å². The first-order valence-corrected chi connectivity index (χ1v) is 13.1. The van der Waals surface area contributed by atoms with Crippen molar-refractivity contribution in [2.45, 2.75) is 56.2 Å². The summed E-state index contributed by atoms with van der Waals surface area (Å²) in [6.45, 7) is 0.533. The van der Waals surface area contributed by atoms with Gasteiger partial charge in [0.25, 0.3) is 5.91 Å². The third-order valence-corrected chi connectivity index (χ3v) is 8.60. The van der Waals surface area contributed by atoms with Gasteiger partial charge in [0.05, 0.1) is 11.6 Å². The second kappa shape index (κ2) is 9.74. The molecule has 1 unspecified atom stereocenters. The second-order valence-corrected chi connectivity index (χ2v) is 11.2. The molecule has 5 atom stereocenters. The van der Waals surface area contributed by atoms with Gasteiger partial charge in [-0.2, -0.15) is 0 Å². The normalized spacial score (nSPS) is 30.2. The molecule has 11 nitrogen and oxygen atoms in total. The Morgan fingerprint density at radius 2 is 1.88 bits per heavy atom. The lowest BCUT2D eigenvalue weighted by atomic mass is 9.57. The minimum atomic E-state index is -5.12. The number of nitrogens with one attached hydrogen (secondary N) is 1. The molecule has 7 N–H and O–H groups in total. The largest absolute Gasteiger partial charge is 0.573 e. The summed E-state index contributed by atoms with van der Waals surface area (Å²) >= 11 is 0. The van der Waals surface area contributed by atoms with Crippen molar-refractivity contribution in [1.82, 2.24) is 10.2 Å². The van der Waals surface area contributed by atoms with Crippen molar-refractivity contribution in [1.29, 1.82) is 0 Å². The Balaban J connectivity index is 1.73. The van der Waals surface area contributed by atoms with E-state index in [1.54, 1.807) is 0 Å². The van der Waals surface area contributed by atoms with E-state index in [4.69, 9.17) is 5.73 Å². The Bertz CT molecular complexity index is 1410. The summed E-state index contributed by atoms with van der Waals surface area (Å²) in [6, 6.07) is -0.842. The van der Waals surface area contributed by atoms with Crippen LogP contribution in [0.4, 0.5) is 13.2 Å². The predicted molar refractivity (Wildman–Crippen MR) is 136 cm³/mol. The number of halogens is 3. The van der Waals surface area contributed by atoms with Crippen LogP contribution < -0.4 is 15.8 Å². The van der Waals surface area contributed by atoms with Crippen LogP contribution in [-0.2, 0) is 20.8 Å². The van der Waals surface area contributed by atoms with Crippen molar-refractivity contribution in [2.75, 3.05) is 20.6 Å². The molecule has 4 aliphatic rings. The Labute approximate surface area is 232 Å². The number of amides is 1. The molecule has 0 spiro atoms. The van der Waals surface area contributed by atoms with E-state index < -0.39 is 93.1 Å². The maximum absolute atomic E-state index is 13.9. The number of fused-ring (bicyclic) bond motifs is 3. The van der Waals surface area contributed by atoms with Crippen molar-refractivity contribution >= 4 is 23.2 Å². The number of phenolic OH excluding ortho intramolecular Hbond substituents is 1. The number of benzene rings is 1. The number of primary amides is 1. The number of ketones is 2. The summed E-state index contributed by atoms with van der Waals surface area (Å²) < 4.78 is 45.5. The highest BCUT2D eigenvalue weighted by atomic mass is 19.4. The Hall–Kier alpha value is -3.62. The molecule has 0 aromatic heterocycles. The van der Waals surface area contributed by atoms with Gasteiger partial charge < -0.3 is 36.2 Å². The summed E-state index contributed by atoms with van der Waals surface area (Å²) in [5.41, 5.74) is 0.409. The molecule has 1 aromatic rings. The topological polar surface area (TPSA) is 183 Å². The smallest absolute Gasteiger partial charge is 0.508 e. The third-order valence-electron chi connectivity index (χ3n) is 8.60. The number of rotatable bonds is 4. The SMILES string of the molecule is CN(C)[C@@H]1C(=O)C(C(N)=O)=C(O)[C@@]2(O)C(=O)C3=C(O)c4c(O)cc(C5CCCCN5)c(OC(F)(F)F)c4C[C@H]3C[C@@H]12. The molecule has 1 aromatic carbocycles. The number of carbonyl (C=O) groups excluding carboxylic acids is 3. The number of nitrogens with zero attached hydrogens (tertiary/aromatic N) is 1. The zero-order valence-corrected chi connectivity index (χ0v) is 22.2. The van der Waals surface area contributed by atoms with Crippen LogP contribution >= 0.6 is 0 Å². The average Bonchev–Trinajstić information content (AvgIpc) is 2.87. The van der Waals surface area contributed by atoms with Crippen LogP contribution in [0.15, 0.2) is 23.0 Å². The zero-order chi connectivity index (χ0) is 30.2. The molecule has 0 radical (unpaired) electrons. The van der Waals surface area contributed by atoms with Crippen LogP contribution in [0.1, 0.15) is 48.4 Å². The first-order valence-electron chi connectivity index (χ1n) is 13.1. The Morgan fingerprint density at radius 1 is 1.20 bits per heavy atom. The van der Waals surface area contributed by atoms with E-state index in [2.05, 4.69) is 10.1 Å². The number of ether oxygens (including phenoxy) is 1. The summed E-state index contributed by atoms with van der Waals surface area (Å²) in [6.07, 6.45) is -3.70. The van der Waals surface area contributed by atoms with Gasteiger partial charge in [0.1, 0.15) is 28.6 Å². The van der Waals surface area contributed by atoms with E-state index in [1.807, 2.05) is 0 Å². The molecule has 222 valence electrons. The fourth-order valence-electron chi connectivity index (χ4n) is 6.93. The molecule has 1 amide bonds. The highest BCUT2D eigenvalue weighted by Crippen LogP contribution is 2.55. The number of alkyl halides is 3. The quantitative estimate of drug-likeness (QED) is 0.286. The summed E-state index contributed by atoms with van der Waals surface area (Å²) in [5.74, 6) is -9.31. The van der Waals surface area contributed by atoms with Crippen molar-refractivity contribution in [3.63, 3.8) is 0 Å². The predicted octanol–water partition coefficient (Wildman–Crippen LogP) is 1.68. The number of aromatic hydroxyl groups is 1. The summed E-state index contributed by atoms with van der Waals surface area (Å²) in [4.78, 5) is 40.5. The number of likely N-dealkylation sites (N-methyl/N-ethyl adjacent to an activating group) is 1. The van der Waals surface area contributed by atoms with Gasteiger partial charge in [-0.15, -0.1) is 13.2 Å². The number of hydrogen-bond acceptors (Lipinski definition) is 10. The second-order valence-electron chi connectivity index (χ2n) is 11.2. The van der Waals surface area contributed by atoms with Crippen LogP contribution in [0.2, 0.25) is 0 Å².